The molecule has 0 bridgehead atoms. The lowest BCUT2D eigenvalue weighted by molar-refractivity contribution is 0.0930. The minimum absolute atomic E-state index is 0.00709. The van der Waals surface area contributed by atoms with Gasteiger partial charge in [0.25, 0.3) is 5.91 Å². The van der Waals surface area contributed by atoms with Gasteiger partial charge in [0.2, 0.25) is 0 Å². The van der Waals surface area contributed by atoms with E-state index in [-0.39, 0.29) is 11.9 Å². The summed E-state index contributed by atoms with van der Waals surface area (Å²) in [5.74, 6) is 2.14. The fraction of sp³-hybridized carbons (Fsp3) is 0.350. The van der Waals surface area contributed by atoms with Gasteiger partial charge in [-0.2, -0.15) is 0 Å². The van der Waals surface area contributed by atoms with Gasteiger partial charge in [0.05, 0.1) is 12.6 Å². The normalized spacial score (nSPS) is 22.8. The molecule has 118 valence electrons. The number of nitrogens with one attached hydrogen (secondary N) is 1. The van der Waals surface area contributed by atoms with Crippen LogP contribution in [0.2, 0.25) is 0 Å². The molecule has 1 aliphatic carbocycles. The largest absolute Gasteiger partial charge is 0.493 e. The summed E-state index contributed by atoms with van der Waals surface area (Å²) >= 11 is 0. The zero-order valence-electron chi connectivity index (χ0n) is 13.3. The van der Waals surface area contributed by atoms with Gasteiger partial charge >= 0.3 is 0 Å². The van der Waals surface area contributed by atoms with Crippen LogP contribution in [-0.2, 0) is 6.42 Å². The molecule has 0 spiro atoms. The Hall–Kier alpha value is -2.29. The smallest absolute Gasteiger partial charge is 0.251 e. The maximum Gasteiger partial charge on any atom is 0.251 e. The van der Waals surface area contributed by atoms with E-state index < -0.39 is 0 Å². The van der Waals surface area contributed by atoms with Crippen molar-refractivity contribution in [3.8, 4) is 5.75 Å². The maximum absolute atomic E-state index is 12.7. The third kappa shape index (κ3) is 2.83. The van der Waals surface area contributed by atoms with Gasteiger partial charge in [-0.3, -0.25) is 4.79 Å². The van der Waals surface area contributed by atoms with Crippen molar-refractivity contribution in [2.75, 3.05) is 6.61 Å². The van der Waals surface area contributed by atoms with Crippen LogP contribution in [0.5, 0.6) is 5.75 Å². The molecule has 2 aromatic carbocycles. The maximum atomic E-state index is 12.7. The predicted octanol–water partition coefficient (Wildman–Crippen LogP) is 3.75. The molecule has 1 aliphatic heterocycles. The Bertz CT molecular complexity index is 726. The van der Waals surface area contributed by atoms with E-state index in [2.05, 4.69) is 24.4 Å². The minimum atomic E-state index is 0.00709. The van der Waals surface area contributed by atoms with Crippen LogP contribution in [0, 0.1) is 11.8 Å². The topological polar surface area (TPSA) is 38.3 Å². The monoisotopic (exact) mass is 307 g/mol. The van der Waals surface area contributed by atoms with E-state index in [0.29, 0.717) is 18.4 Å². The molecule has 3 atom stereocenters. The van der Waals surface area contributed by atoms with Crippen LogP contribution in [0.3, 0.4) is 0 Å². The van der Waals surface area contributed by atoms with Gasteiger partial charge in [0, 0.05) is 12.0 Å². The first-order valence-electron chi connectivity index (χ1n) is 8.34. The van der Waals surface area contributed by atoms with Crippen LogP contribution < -0.4 is 10.1 Å². The zero-order valence-corrected chi connectivity index (χ0v) is 13.3. The lowest BCUT2D eigenvalue weighted by atomic mass is 10.00. The van der Waals surface area contributed by atoms with Crippen LogP contribution in [0.25, 0.3) is 0 Å². The van der Waals surface area contributed by atoms with Gasteiger partial charge in [0.15, 0.2) is 0 Å². The Morgan fingerprint density at radius 1 is 1.22 bits per heavy atom. The predicted molar refractivity (Wildman–Crippen MR) is 89.6 cm³/mol. The Kier molecular flexibility index (Phi) is 3.56. The van der Waals surface area contributed by atoms with Crippen molar-refractivity contribution < 1.29 is 9.53 Å². The number of hydrogen-bond acceptors (Lipinski definition) is 2. The van der Waals surface area contributed by atoms with Crippen molar-refractivity contribution in [1.82, 2.24) is 5.32 Å². The molecule has 0 radical (unpaired) electrons. The number of benzene rings is 2. The summed E-state index contributed by atoms with van der Waals surface area (Å²) in [6.45, 7) is 2.96. The number of hydrogen-bond donors (Lipinski definition) is 1. The highest BCUT2D eigenvalue weighted by atomic mass is 16.5. The Balaban J connectivity index is 1.56. The van der Waals surface area contributed by atoms with E-state index in [4.69, 9.17) is 4.74 Å². The molecule has 1 heterocycles. The van der Waals surface area contributed by atoms with E-state index in [1.807, 2.05) is 36.4 Å². The summed E-state index contributed by atoms with van der Waals surface area (Å²) in [4.78, 5) is 12.7. The highest BCUT2D eigenvalue weighted by Crippen LogP contribution is 2.47. The summed E-state index contributed by atoms with van der Waals surface area (Å²) in [5, 5.41) is 3.25. The van der Waals surface area contributed by atoms with Gasteiger partial charge in [-0.25, -0.2) is 0 Å². The fourth-order valence-corrected chi connectivity index (χ4v) is 3.47. The van der Waals surface area contributed by atoms with E-state index in [1.54, 1.807) is 0 Å². The molecule has 1 N–H and O–H groups in total. The first-order valence-corrected chi connectivity index (χ1v) is 8.34. The SMILES string of the molecule is CC1CC1C(NC(=O)c1ccc2c(c1)CCO2)c1ccccc1. The molecule has 3 heteroatoms. The molecular formula is C20H21NO2. The second-order valence-corrected chi connectivity index (χ2v) is 6.66. The minimum Gasteiger partial charge on any atom is -0.493 e. The molecule has 0 aromatic heterocycles. The highest BCUT2D eigenvalue weighted by molar-refractivity contribution is 5.95. The van der Waals surface area contributed by atoms with Gasteiger partial charge in [-0.1, -0.05) is 37.3 Å². The fourth-order valence-electron chi connectivity index (χ4n) is 3.47. The molecule has 3 nitrogen and oxygen atoms in total. The molecule has 23 heavy (non-hydrogen) atoms. The standard InChI is InChI=1S/C20H21NO2/c1-13-11-17(13)19(14-5-3-2-4-6-14)21-20(22)16-7-8-18-15(12-16)9-10-23-18/h2-8,12-13,17,19H,9-11H2,1H3,(H,21,22). The molecule has 2 aromatic rings. The van der Waals surface area contributed by atoms with Crippen molar-refractivity contribution in [1.29, 1.82) is 0 Å². The number of ether oxygens (including phenoxy) is 1. The third-order valence-electron chi connectivity index (χ3n) is 5.00. The summed E-state index contributed by atoms with van der Waals surface area (Å²) in [6.07, 6.45) is 2.07. The highest BCUT2D eigenvalue weighted by Gasteiger charge is 2.41. The van der Waals surface area contributed by atoms with E-state index in [0.717, 1.165) is 23.3 Å². The van der Waals surface area contributed by atoms with Crippen molar-refractivity contribution >= 4 is 5.91 Å². The van der Waals surface area contributed by atoms with Gasteiger partial charge in [-0.15, -0.1) is 0 Å². The molecular weight excluding hydrogens is 286 g/mol. The van der Waals surface area contributed by atoms with Crippen LogP contribution in [0.15, 0.2) is 48.5 Å². The van der Waals surface area contributed by atoms with Crippen LogP contribution in [0.4, 0.5) is 0 Å². The van der Waals surface area contributed by atoms with Gasteiger partial charge in [0.1, 0.15) is 5.75 Å². The van der Waals surface area contributed by atoms with Crippen molar-refractivity contribution in [3.05, 3.63) is 65.2 Å². The van der Waals surface area contributed by atoms with E-state index in [1.165, 1.54) is 12.0 Å². The number of carbonyl (C=O) groups excluding carboxylic acids is 1. The summed E-state index contributed by atoms with van der Waals surface area (Å²) in [6, 6.07) is 16.1. The molecule has 1 amide bonds. The van der Waals surface area contributed by atoms with Crippen molar-refractivity contribution in [3.63, 3.8) is 0 Å². The lowest BCUT2D eigenvalue weighted by Gasteiger charge is -2.19. The van der Waals surface area contributed by atoms with Crippen molar-refractivity contribution in [2.45, 2.75) is 25.8 Å². The van der Waals surface area contributed by atoms with Crippen LogP contribution in [-0.4, -0.2) is 12.5 Å². The van der Waals surface area contributed by atoms with Gasteiger partial charge < -0.3 is 10.1 Å². The first kappa shape index (κ1) is 14.3. The zero-order chi connectivity index (χ0) is 15.8. The summed E-state index contributed by atoms with van der Waals surface area (Å²) in [5.41, 5.74) is 3.05. The van der Waals surface area contributed by atoms with Crippen LogP contribution in [0.1, 0.15) is 40.9 Å². The summed E-state index contributed by atoms with van der Waals surface area (Å²) < 4.78 is 5.51. The Labute approximate surface area is 136 Å². The molecule has 4 rings (SSSR count). The lowest BCUT2D eigenvalue weighted by Crippen LogP contribution is -2.30. The number of amides is 1. The Morgan fingerprint density at radius 2 is 2.00 bits per heavy atom. The molecule has 0 saturated heterocycles. The van der Waals surface area contributed by atoms with E-state index in [9.17, 15) is 4.79 Å². The number of fused-ring (bicyclic) bond motifs is 1. The van der Waals surface area contributed by atoms with Gasteiger partial charge in [-0.05, 0) is 47.6 Å². The molecule has 2 aliphatic rings. The average molecular weight is 307 g/mol. The van der Waals surface area contributed by atoms with Crippen LogP contribution >= 0.6 is 0 Å². The average Bonchev–Trinajstić information content (AvgIpc) is 3.11. The summed E-state index contributed by atoms with van der Waals surface area (Å²) in [7, 11) is 0. The third-order valence-corrected chi connectivity index (χ3v) is 5.00. The molecule has 3 unspecified atom stereocenters. The van der Waals surface area contributed by atoms with E-state index >= 15 is 0 Å². The first-order chi connectivity index (χ1) is 11.2. The second kappa shape index (κ2) is 5.73. The number of rotatable bonds is 4. The molecule has 1 saturated carbocycles. The van der Waals surface area contributed by atoms with Crippen molar-refractivity contribution in [2.24, 2.45) is 11.8 Å². The number of carbonyl (C=O) groups is 1. The second-order valence-electron chi connectivity index (χ2n) is 6.66. The Morgan fingerprint density at radius 3 is 2.74 bits per heavy atom. The molecule has 1 fully saturated rings. The quantitative estimate of drug-likeness (QED) is 0.934.